The average molecular weight is 258 g/mol. The van der Waals surface area contributed by atoms with Crippen molar-refractivity contribution in [2.45, 2.75) is 24.9 Å². The molecule has 2 heterocycles. The zero-order valence-electron chi connectivity index (χ0n) is 9.98. The van der Waals surface area contributed by atoms with Gasteiger partial charge in [-0.3, -0.25) is 4.79 Å². The van der Waals surface area contributed by atoms with E-state index in [2.05, 4.69) is 5.32 Å². The molecular weight excluding hydrogens is 240 g/mol. The first-order valence-corrected chi connectivity index (χ1v) is 7.09. The van der Waals surface area contributed by atoms with E-state index in [1.807, 2.05) is 0 Å². The van der Waals surface area contributed by atoms with Crippen molar-refractivity contribution in [1.82, 2.24) is 10.2 Å². The van der Waals surface area contributed by atoms with Crippen molar-refractivity contribution in [1.29, 1.82) is 0 Å². The number of amides is 1. The maximum absolute atomic E-state index is 12.3. The highest BCUT2D eigenvalue weighted by Gasteiger charge is 2.37. The lowest BCUT2D eigenvalue weighted by atomic mass is 10.2. The topological polar surface area (TPSA) is 58.6 Å². The fourth-order valence-corrected chi connectivity index (χ4v) is 3.26. The van der Waals surface area contributed by atoms with Gasteiger partial charge in [-0.15, -0.1) is 0 Å². The SMILES string of the molecule is COC(=O)C1CCCN1C(=O)C1CSCCN1. The highest BCUT2D eigenvalue weighted by atomic mass is 32.2. The van der Waals surface area contributed by atoms with Crippen LogP contribution in [0, 0.1) is 0 Å². The number of methoxy groups -OCH3 is 1. The summed E-state index contributed by atoms with van der Waals surface area (Å²) >= 11 is 1.78. The van der Waals surface area contributed by atoms with Crippen LogP contribution in [0.5, 0.6) is 0 Å². The highest BCUT2D eigenvalue weighted by molar-refractivity contribution is 7.99. The van der Waals surface area contributed by atoms with Crippen LogP contribution in [0.1, 0.15) is 12.8 Å². The van der Waals surface area contributed by atoms with Crippen molar-refractivity contribution < 1.29 is 14.3 Å². The molecule has 0 bridgehead atoms. The molecule has 17 heavy (non-hydrogen) atoms. The van der Waals surface area contributed by atoms with Gasteiger partial charge in [0.15, 0.2) is 0 Å². The van der Waals surface area contributed by atoms with Gasteiger partial charge in [0.2, 0.25) is 5.91 Å². The predicted octanol–water partition coefficient (Wildman–Crippen LogP) is -0.145. The molecule has 2 unspecified atom stereocenters. The number of hydrogen-bond donors (Lipinski definition) is 1. The first kappa shape index (κ1) is 12.7. The molecule has 0 aromatic heterocycles. The summed E-state index contributed by atoms with van der Waals surface area (Å²) in [6.45, 7) is 1.53. The summed E-state index contributed by atoms with van der Waals surface area (Å²) in [7, 11) is 1.37. The molecule has 1 N–H and O–H groups in total. The smallest absolute Gasteiger partial charge is 0.328 e. The maximum Gasteiger partial charge on any atom is 0.328 e. The van der Waals surface area contributed by atoms with Gasteiger partial charge in [-0.05, 0) is 12.8 Å². The zero-order valence-corrected chi connectivity index (χ0v) is 10.8. The first-order chi connectivity index (χ1) is 8.24. The number of carbonyl (C=O) groups excluding carboxylic acids is 2. The summed E-state index contributed by atoms with van der Waals surface area (Å²) in [5, 5.41) is 3.21. The third-order valence-electron chi connectivity index (χ3n) is 3.23. The van der Waals surface area contributed by atoms with Crippen molar-refractivity contribution in [3.8, 4) is 0 Å². The summed E-state index contributed by atoms with van der Waals surface area (Å²) in [5.74, 6) is 1.59. The lowest BCUT2D eigenvalue weighted by Gasteiger charge is -2.29. The van der Waals surface area contributed by atoms with Gasteiger partial charge in [0, 0.05) is 24.6 Å². The van der Waals surface area contributed by atoms with Crippen molar-refractivity contribution in [2.75, 3.05) is 31.7 Å². The predicted molar refractivity (Wildman–Crippen MR) is 65.9 cm³/mol. The summed E-state index contributed by atoms with van der Waals surface area (Å²) in [6.07, 6.45) is 1.60. The van der Waals surface area contributed by atoms with E-state index in [1.165, 1.54) is 7.11 Å². The summed E-state index contributed by atoms with van der Waals surface area (Å²) in [6, 6.07) is -0.514. The third-order valence-corrected chi connectivity index (χ3v) is 4.29. The Balaban J connectivity index is 1.99. The fourth-order valence-electron chi connectivity index (χ4n) is 2.34. The number of likely N-dealkylation sites (tertiary alicyclic amines) is 1. The van der Waals surface area contributed by atoms with Crippen molar-refractivity contribution >= 4 is 23.6 Å². The molecule has 2 aliphatic heterocycles. The summed E-state index contributed by atoms with van der Waals surface area (Å²) in [4.78, 5) is 25.5. The molecular formula is C11H18N2O3S. The van der Waals surface area contributed by atoms with Crippen LogP contribution in [0.3, 0.4) is 0 Å². The number of nitrogens with one attached hydrogen (secondary N) is 1. The summed E-state index contributed by atoms with van der Waals surface area (Å²) in [5.41, 5.74) is 0. The lowest BCUT2D eigenvalue weighted by Crippen LogP contribution is -2.53. The van der Waals surface area contributed by atoms with Crippen LogP contribution in [0.2, 0.25) is 0 Å². The molecule has 6 heteroatoms. The van der Waals surface area contributed by atoms with Gasteiger partial charge in [0.25, 0.3) is 0 Å². The van der Waals surface area contributed by atoms with Crippen molar-refractivity contribution in [3.63, 3.8) is 0 Å². The Morgan fingerprint density at radius 1 is 1.47 bits per heavy atom. The average Bonchev–Trinajstić information content (AvgIpc) is 2.87. The number of hydrogen-bond acceptors (Lipinski definition) is 5. The molecule has 2 saturated heterocycles. The van der Waals surface area contributed by atoms with Crippen molar-refractivity contribution in [3.05, 3.63) is 0 Å². The molecule has 2 atom stereocenters. The Morgan fingerprint density at radius 3 is 2.94 bits per heavy atom. The van der Waals surface area contributed by atoms with E-state index < -0.39 is 0 Å². The molecule has 2 fully saturated rings. The quantitative estimate of drug-likeness (QED) is 0.698. The second kappa shape index (κ2) is 5.73. The Morgan fingerprint density at radius 2 is 2.29 bits per heavy atom. The molecule has 5 nitrogen and oxygen atoms in total. The number of nitrogens with zero attached hydrogens (tertiary/aromatic N) is 1. The number of carbonyl (C=O) groups is 2. The summed E-state index contributed by atoms with van der Waals surface area (Å²) < 4.78 is 4.74. The molecule has 0 aliphatic carbocycles. The van der Waals surface area contributed by atoms with Crippen LogP contribution >= 0.6 is 11.8 Å². The second-order valence-corrected chi connectivity index (χ2v) is 5.44. The Hall–Kier alpha value is -0.750. The lowest BCUT2D eigenvalue weighted by molar-refractivity contribution is -0.151. The monoisotopic (exact) mass is 258 g/mol. The maximum atomic E-state index is 12.3. The molecule has 2 rings (SSSR count). The van der Waals surface area contributed by atoms with E-state index in [9.17, 15) is 9.59 Å². The van der Waals surface area contributed by atoms with Gasteiger partial charge in [-0.1, -0.05) is 0 Å². The van der Waals surface area contributed by atoms with Crippen LogP contribution in [-0.4, -0.2) is 60.6 Å². The van der Waals surface area contributed by atoms with Crippen LogP contribution in [0.15, 0.2) is 0 Å². The van der Waals surface area contributed by atoms with Gasteiger partial charge in [0.1, 0.15) is 6.04 Å². The normalized spacial score (nSPS) is 29.1. The second-order valence-electron chi connectivity index (χ2n) is 4.29. The Labute approximate surface area is 105 Å². The number of thioether (sulfide) groups is 1. The fraction of sp³-hybridized carbons (Fsp3) is 0.818. The molecule has 0 aromatic rings. The van der Waals surface area contributed by atoms with Gasteiger partial charge >= 0.3 is 5.97 Å². The molecule has 0 spiro atoms. The van der Waals surface area contributed by atoms with E-state index in [0.717, 1.165) is 30.9 Å². The molecule has 0 radical (unpaired) electrons. The molecule has 2 aliphatic rings. The van der Waals surface area contributed by atoms with E-state index >= 15 is 0 Å². The van der Waals surface area contributed by atoms with Crippen LogP contribution in [0.4, 0.5) is 0 Å². The van der Waals surface area contributed by atoms with Crippen LogP contribution in [0.25, 0.3) is 0 Å². The minimum absolute atomic E-state index is 0.0464. The third kappa shape index (κ3) is 2.74. The van der Waals surface area contributed by atoms with Gasteiger partial charge in [0.05, 0.1) is 13.2 Å². The number of ether oxygens (including phenoxy) is 1. The van der Waals surface area contributed by atoms with Gasteiger partial charge < -0.3 is 15.0 Å². The Bertz CT molecular complexity index is 305. The van der Waals surface area contributed by atoms with E-state index in [0.29, 0.717) is 6.54 Å². The minimum atomic E-state index is -0.374. The zero-order chi connectivity index (χ0) is 12.3. The van der Waals surface area contributed by atoms with Gasteiger partial charge in [-0.2, -0.15) is 11.8 Å². The first-order valence-electron chi connectivity index (χ1n) is 5.93. The largest absolute Gasteiger partial charge is 0.467 e. The van der Waals surface area contributed by atoms with Crippen LogP contribution < -0.4 is 5.32 Å². The van der Waals surface area contributed by atoms with Gasteiger partial charge in [-0.25, -0.2) is 4.79 Å². The Kier molecular flexibility index (Phi) is 4.28. The van der Waals surface area contributed by atoms with E-state index in [1.54, 1.807) is 16.7 Å². The minimum Gasteiger partial charge on any atom is -0.467 e. The molecule has 0 aromatic carbocycles. The molecule has 1 amide bonds. The molecule has 96 valence electrons. The van der Waals surface area contributed by atoms with Crippen LogP contribution in [-0.2, 0) is 14.3 Å². The number of rotatable bonds is 2. The van der Waals surface area contributed by atoms with E-state index in [-0.39, 0.29) is 24.0 Å². The van der Waals surface area contributed by atoms with E-state index in [4.69, 9.17) is 4.74 Å². The standard InChI is InChI=1S/C11H18N2O3S/c1-16-11(15)9-3-2-5-13(9)10(14)8-7-17-6-4-12-8/h8-9,12H,2-7H2,1H3. The number of esters is 1. The highest BCUT2D eigenvalue weighted by Crippen LogP contribution is 2.21. The van der Waals surface area contributed by atoms with Crippen molar-refractivity contribution in [2.24, 2.45) is 0 Å². The molecule has 0 saturated carbocycles.